The van der Waals surface area contributed by atoms with Crippen LogP contribution >= 0.6 is 27.5 Å². The van der Waals surface area contributed by atoms with Gasteiger partial charge in [0.1, 0.15) is 5.75 Å². The van der Waals surface area contributed by atoms with Gasteiger partial charge < -0.3 is 4.74 Å². The van der Waals surface area contributed by atoms with Crippen LogP contribution in [0.1, 0.15) is 26.3 Å². The molecule has 0 bridgehead atoms. The SMILES string of the molecule is O=C(C=Cc1ccc(OC(=O)c2ccccc2Cl)cc1)c1ccc(Br)cc1. The molecule has 0 atom stereocenters. The van der Waals surface area contributed by atoms with E-state index in [-0.39, 0.29) is 5.78 Å². The summed E-state index contributed by atoms with van der Waals surface area (Å²) in [5.41, 5.74) is 1.74. The number of esters is 1. The van der Waals surface area contributed by atoms with E-state index >= 15 is 0 Å². The molecule has 0 N–H and O–H groups in total. The van der Waals surface area contributed by atoms with Gasteiger partial charge in [-0.15, -0.1) is 0 Å². The van der Waals surface area contributed by atoms with Crippen molar-refractivity contribution in [1.29, 1.82) is 0 Å². The van der Waals surface area contributed by atoms with Crippen LogP contribution in [0.25, 0.3) is 6.08 Å². The molecule has 5 heteroatoms. The zero-order valence-electron chi connectivity index (χ0n) is 14.1. The Kier molecular flexibility index (Phi) is 6.22. The lowest BCUT2D eigenvalue weighted by Gasteiger charge is -2.06. The van der Waals surface area contributed by atoms with Gasteiger partial charge in [0.15, 0.2) is 5.78 Å². The summed E-state index contributed by atoms with van der Waals surface area (Å²) in [7, 11) is 0. The molecule has 0 amide bonds. The van der Waals surface area contributed by atoms with Gasteiger partial charge in [0.2, 0.25) is 0 Å². The van der Waals surface area contributed by atoms with E-state index in [1.807, 2.05) is 12.1 Å². The summed E-state index contributed by atoms with van der Waals surface area (Å²) in [6, 6.07) is 20.7. The third-order valence-electron chi connectivity index (χ3n) is 3.74. The van der Waals surface area contributed by atoms with Crippen molar-refractivity contribution in [3.05, 3.63) is 105 Å². The number of carbonyl (C=O) groups is 2. The van der Waals surface area contributed by atoms with Gasteiger partial charge in [-0.1, -0.05) is 57.9 Å². The number of benzene rings is 3. The number of ketones is 1. The van der Waals surface area contributed by atoms with Gasteiger partial charge in [0.25, 0.3) is 0 Å². The van der Waals surface area contributed by atoms with Crippen molar-refractivity contribution in [2.75, 3.05) is 0 Å². The Morgan fingerprint density at radius 1 is 0.889 bits per heavy atom. The largest absolute Gasteiger partial charge is 0.423 e. The second kappa shape index (κ2) is 8.80. The highest BCUT2D eigenvalue weighted by Crippen LogP contribution is 2.19. The molecule has 0 heterocycles. The molecule has 3 aromatic carbocycles. The van der Waals surface area contributed by atoms with Gasteiger partial charge in [-0.3, -0.25) is 4.79 Å². The highest BCUT2D eigenvalue weighted by Gasteiger charge is 2.11. The number of hydrogen-bond donors (Lipinski definition) is 0. The molecule has 3 rings (SSSR count). The number of halogens is 2. The smallest absolute Gasteiger partial charge is 0.345 e. The lowest BCUT2D eigenvalue weighted by Crippen LogP contribution is -2.08. The van der Waals surface area contributed by atoms with E-state index in [9.17, 15) is 9.59 Å². The first-order valence-electron chi connectivity index (χ1n) is 8.08. The maximum atomic E-state index is 12.1. The van der Waals surface area contributed by atoms with Crippen LogP contribution in [-0.2, 0) is 0 Å². The quantitative estimate of drug-likeness (QED) is 0.204. The van der Waals surface area contributed by atoms with Crippen molar-refractivity contribution in [2.24, 2.45) is 0 Å². The second-order valence-electron chi connectivity index (χ2n) is 5.64. The van der Waals surface area contributed by atoms with Crippen LogP contribution in [0.2, 0.25) is 5.02 Å². The molecule has 0 aliphatic carbocycles. The van der Waals surface area contributed by atoms with Crippen molar-refractivity contribution in [3.8, 4) is 5.75 Å². The summed E-state index contributed by atoms with van der Waals surface area (Å²) in [6.45, 7) is 0. The zero-order chi connectivity index (χ0) is 19.2. The van der Waals surface area contributed by atoms with Crippen molar-refractivity contribution < 1.29 is 14.3 Å². The molecule has 0 unspecified atom stereocenters. The Morgan fingerprint density at radius 2 is 1.56 bits per heavy atom. The minimum atomic E-state index is -0.519. The third-order valence-corrected chi connectivity index (χ3v) is 4.60. The first-order chi connectivity index (χ1) is 13.0. The van der Waals surface area contributed by atoms with Crippen LogP contribution in [0.5, 0.6) is 5.75 Å². The van der Waals surface area contributed by atoms with Crippen LogP contribution < -0.4 is 4.74 Å². The molecule has 0 radical (unpaired) electrons. The average Bonchev–Trinajstić information content (AvgIpc) is 2.68. The second-order valence-corrected chi connectivity index (χ2v) is 6.97. The number of hydrogen-bond acceptors (Lipinski definition) is 3. The fourth-order valence-electron chi connectivity index (χ4n) is 2.32. The molecule has 27 heavy (non-hydrogen) atoms. The lowest BCUT2D eigenvalue weighted by atomic mass is 10.1. The van der Waals surface area contributed by atoms with E-state index in [4.69, 9.17) is 16.3 Å². The Hall–Kier alpha value is -2.69. The van der Waals surface area contributed by atoms with Crippen LogP contribution in [0.15, 0.2) is 83.3 Å². The highest BCUT2D eigenvalue weighted by atomic mass is 79.9. The average molecular weight is 442 g/mol. The summed E-state index contributed by atoms with van der Waals surface area (Å²) in [5, 5.41) is 0.341. The van der Waals surface area contributed by atoms with E-state index in [0.29, 0.717) is 21.9 Å². The summed E-state index contributed by atoms with van der Waals surface area (Å²) < 4.78 is 6.24. The standard InChI is InChI=1S/C22H14BrClO3/c23-17-10-8-16(9-11-17)21(25)14-7-15-5-12-18(13-6-15)27-22(26)19-3-1-2-4-20(19)24/h1-14H. The highest BCUT2D eigenvalue weighted by molar-refractivity contribution is 9.10. The molecule has 0 aliphatic rings. The minimum Gasteiger partial charge on any atom is -0.423 e. The van der Waals surface area contributed by atoms with Crippen molar-refractivity contribution in [3.63, 3.8) is 0 Å². The lowest BCUT2D eigenvalue weighted by molar-refractivity contribution is 0.0734. The minimum absolute atomic E-state index is 0.0864. The zero-order valence-corrected chi connectivity index (χ0v) is 16.4. The van der Waals surface area contributed by atoms with E-state index in [1.165, 1.54) is 6.08 Å². The molecule has 0 fully saturated rings. The van der Waals surface area contributed by atoms with Crippen LogP contribution in [0.3, 0.4) is 0 Å². The molecule has 0 saturated carbocycles. The number of allylic oxidation sites excluding steroid dienone is 1. The molecule has 134 valence electrons. The van der Waals surface area contributed by atoms with Gasteiger partial charge in [-0.2, -0.15) is 0 Å². The van der Waals surface area contributed by atoms with Crippen LogP contribution in [-0.4, -0.2) is 11.8 Å². The number of rotatable bonds is 5. The Bertz CT molecular complexity index is 993. The number of ether oxygens (including phenoxy) is 1. The van der Waals surface area contributed by atoms with E-state index in [0.717, 1.165) is 10.0 Å². The van der Waals surface area contributed by atoms with Gasteiger partial charge >= 0.3 is 5.97 Å². The van der Waals surface area contributed by atoms with Gasteiger partial charge in [0.05, 0.1) is 10.6 Å². The molecule has 0 aliphatic heterocycles. The predicted octanol–water partition coefficient (Wildman–Crippen LogP) is 6.22. The van der Waals surface area contributed by atoms with E-state index < -0.39 is 5.97 Å². The topological polar surface area (TPSA) is 43.4 Å². The van der Waals surface area contributed by atoms with E-state index in [1.54, 1.807) is 66.7 Å². The Morgan fingerprint density at radius 3 is 2.22 bits per heavy atom. The Labute approximate surface area is 170 Å². The molecule has 0 spiro atoms. The summed E-state index contributed by atoms with van der Waals surface area (Å²) in [5.74, 6) is -0.206. The third kappa shape index (κ3) is 5.16. The molecule has 0 aromatic heterocycles. The molecular formula is C22H14BrClO3. The van der Waals surface area contributed by atoms with Gasteiger partial charge in [0, 0.05) is 10.0 Å². The summed E-state index contributed by atoms with van der Waals surface area (Å²) in [6.07, 6.45) is 3.22. The normalized spacial score (nSPS) is 10.7. The van der Waals surface area contributed by atoms with Crippen LogP contribution in [0.4, 0.5) is 0 Å². The van der Waals surface area contributed by atoms with E-state index in [2.05, 4.69) is 15.9 Å². The van der Waals surface area contributed by atoms with Crippen molar-refractivity contribution in [1.82, 2.24) is 0 Å². The van der Waals surface area contributed by atoms with Gasteiger partial charge in [-0.05, 0) is 60.2 Å². The first kappa shape index (κ1) is 19.1. The maximum absolute atomic E-state index is 12.1. The molecule has 0 saturated heterocycles. The van der Waals surface area contributed by atoms with Gasteiger partial charge in [-0.25, -0.2) is 4.79 Å². The molecule has 3 aromatic rings. The first-order valence-corrected chi connectivity index (χ1v) is 9.25. The monoisotopic (exact) mass is 440 g/mol. The maximum Gasteiger partial charge on any atom is 0.345 e. The molecule has 3 nitrogen and oxygen atoms in total. The fourth-order valence-corrected chi connectivity index (χ4v) is 2.80. The molecular weight excluding hydrogens is 428 g/mol. The number of carbonyl (C=O) groups excluding carboxylic acids is 2. The van der Waals surface area contributed by atoms with Crippen molar-refractivity contribution in [2.45, 2.75) is 0 Å². The Balaban J connectivity index is 1.65. The van der Waals surface area contributed by atoms with Crippen molar-refractivity contribution >= 4 is 45.4 Å². The van der Waals surface area contributed by atoms with Crippen LogP contribution in [0, 0.1) is 0 Å². The summed E-state index contributed by atoms with van der Waals surface area (Å²) in [4.78, 5) is 24.3. The predicted molar refractivity (Wildman–Crippen MR) is 110 cm³/mol. The fraction of sp³-hybridized carbons (Fsp3) is 0. The summed E-state index contributed by atoms with van der Waals surface area (Å²) >= 11 is 9.34.